The molecule has 1 fully saturated rings. The number of hydrogen-bond acceptors (Lipinski definition) is 8. The van der Waals surface area contributed by atoms with Crippen LogP contribution in [0.5, 0.6) is 0 Å². The summed E-state index contributed by atoms with van der Waals surface area (Å²) in [5, 5.41) is 17.4. The van der Waals surface area contributed by atoms with Crippen LogP contribution in [0, 0.1) is 0 Å². The van der Waals surface area contributed by atoms with E-state index in [1.54, 1.807) is 6.08 Å². The van der Waals surface area contributed by atoms with E-state index in [0.29, 0.717) is 38.5 Å². The van der Waals surface area contributed by atoms with E-state index < -0.39 is 5.72 Å². The van der Waals surface area contributed by atoms with E-state index in [2.05, 4.69) is 40.9 Å². The van der Waals surface area contributed by atoms with Crippen molar-refractivity contribution in [1.29, 1.82) is 0 Å². The van der Waals surface area contributed by atoms with Gasteiger partial charge in [0.05, 0.1) is 30.6 Å². The predicted octanol–water partition coefficient (Wildman–Crippen LogP) is 7.86. The number of aliphatic hydroxyl groups is 1. The number of guanidine groups is 1. The molecule has 4 heterocycles. The molecule has 0 unspecified atom stereocenters. The lowest BCUT2D eigenvalue weighted by Crippen LogP contribution is -2.66. The van der Waals surface area contributed by atoms with E-state index in [4.69, 9.17) is 14.2 Å². The molecular weight excluding hydrogens is 630 g/mol. The second kappa shape index (κ2) is 21.7. The fourth-order valence-electron chi connectivity index (χ4n) is 8.15. The number of carbonyl (C=O) groups is 2. The Hall–Kier alpha value is -2.65. The number of aliphatic hydroxyl groups excluding tert-OH is 1. The normalized spacial score (nSPS) is 24.7. The molecule has 0 radical (unpaired) electrons. The Morgan fingerprint density at radius 1 is 1.02 bits per heavy atom. The topological polar surface area (TPSA) is 109 Å². The van der Waals surface area contributed by atoms with Gasteiger partial charge in [0.1, 0.15) is 18.2 Å². The van der Waals surface area contributed by atoms with Crippen molar-refractivity contribution in [1.82, 2.24) is 10.6 Å². The lowest BCUT2D eigenvalue weighted by molar-refractivity contribution is -0.585. The van der Waals surface area contributed by atoms with E-state index in [1.807, 2.05) is 6.92 Å². The van der Waals surface area contributed by atoms with Gasteiger partial charge in [0.15, 0.2) is 5.72 Å². The van der Waals surface area contributed by atoms with Crippen LogP contribution in [0.25, 0.3) is 0 Å². The van der Waals surface area contributed by atoms with Gasteiger partial charge in [-0.15, -0.1) is 0 Å². The molecule has 4 aliphatic rings. The molecule has 5 atom stereocenters. The summed E-state index contributed by atoms with van der Waals surface area (Å²) in [5.74, 6) is 0.679. The molecule has 1 saturated heterocycles. The van der Waals surface area contributed by atoms with Crippen LogP contribution in [0.2, 0.25) is 0 Å². The Labute approximate surface area is 302 Å². The number of nitrogens with zero attached hydrogens (tertiary/aromatic N) is 1. The van der Waals surface area contributed by atoms with Crippen LogP contribution in [0.1, 0.15) is 162 Å². The molecule has 0 aromatic heterocycles. The van der Waals surface area contributed by atoms with E-state index in [0.717, 1.165) is 87.9 Å². The number of esters is 2. The maximum absolute atomic E-state index is 13.7. The maximum Gasteiger partial charge on any atom is 0.353 e. The lowest BCUT2D eigenvalue weighted by atomic mass is 9.95. The summed E-state index contributed by atoms with van der Waals surface area (Å²) in [4.78, 5) is 25.2. The highest BCUT2D eigenvalue weighted by molar-refractivity contribution is 5.93. The Morgan fingerprint density at radius 3 is 2.36 bits per heavy atom. The van der Waals surface area contributed by atoms with E-state index in [9.17, 15) is 14.7 Å². The van der Waals surface area contributed by atoms with E-state index in [1.165, 1.54) is 57.8 Å². The molecule has 9 heteroatoms. The van der Waals surface area contributed by atoms with Crippen LogP contribution < -0.4 is 10.6 Å². The third-order valence-electron chi connectivity index (χ3n) is 10.8. The molecule has 50 heavy (non-hydrogen) atoms. The number of hydrogen-bond donors (Lipinski definition) is 3. The molecular formula is C41H68N3O6+. The standard InChI is InChI=1S/C41H67N3O6/c1-4-29-48-37(46)25-17-15-13-11-9-7-6-8-10-12-14-16-20-30-49-39(47)38-35(24-21-22-32(3)45)42-40-43-41(28-19-18-23-34(5-2)50-41)31-33-26-27-36(38)44(33)40/h4,18,23,32-34,36,45H,1,5-17,19-22,24-31H2,2-3H3,(H,42,43,47)/p+1/t32-,33+,34+,36+,41+/m1/s1. The molecule has 3 N–H and O–H groups in total. The third-order valence-corrected chi connectivity index (χ3v) is 10.8. The van der Waals surface area contributed by atoms with Gasteiger partial charge in [-0.25, -0.2) is 15.4 Å². The maximum atomic E-state index is 13.7. The number of allylic oxidation sites excluding steroid dienone is 2. The number of rotatable bonds is 24. The first kappa shape index (κ1) is 40.1. The number of carbonyl (C=O) groups excluding carboxylic acids is 2. The SMILES string of the molecule is C=CCOC(=O)CCCCCCCCCCCCCCCOC(=O)C1=C(CCC[C@@H](C)O)NC2=[N+]3[C@@H](CC[C@@H]13)C[C@@]1(CCC=C[C@H](CC)O1)N2. The molecule has 4 rings (SSSR count). The number of nitrogens with one attached hydrogen (secondary N) is 2. The minimum Gasteiger partial charge on any atom is -0.462 e. The van der Waals surface area contributed by atoms with Crippen molar-refractivity contribution in [2.75, 3.05) is 13.2 Å². The summed E-state index contributed by atoms with van der Waals surface area (Å²) in [6.07, 6.45) is 29.6. The molecule has 4 aliphatic heterocycles. The smallest absolute Gasteiger partial charge is 0.353 e. The Morgan fingerprint density at radius 2 is 1.70 bits per heavy atom. The minimum atomic E-state index is -0.406. The zero-order valence-electron chi connectivity index (χ0n) is 31.4. The molecule has 0 saturated carbocycles. The first-order valence-electron chi connectivity index (χ1n) is 20.3. The monoisotopic (exact) mass is 699 g/mol. The van der Waals surface area contributed by atoms with Crippen LogP contribution >= 0.6 is 0 Å². The quantitative estimate of drug-likeness (QED) is 0.0405. The average molecular weight is 699 g/mol. The Bertz CT molecular complexity index is 1180. The van der Waals surface area contributed by atoms with Crippen molar-refractivity contribution in [3.63, 3.8) is 0 Å². The van der Waals surface area contributed by atoms with Crippen molar-refractivity contribution in [3.05, 3.63) is 36.1 Å². The zero-order chi connectivity index (χ0) is 35.6. The van der Waals surface area contributed by atoms with Crippen LogP contribution in [-0.4, -0.2) is 70.8 Å². The van der Waals surface area contributed by atoms with Crippen LogP contribution in [0.4, 0.5) is 0 Å². The van der Waals surface area contributed by atoms with Crippen LogP contribution in [-0.2, 0) is 23.8 Å². The first-order valence-corrected chi connectivity index (χ1v) is 20.3. The molecule has 1 spiro atoms. The predicted molar refractivity (Wildman–Crippen MR) is 199 cm³/mol. The minimum absolute atomic E-state index is 0.0132. The molecule has 0 aromatic rings. The fraction of sp³-hybridized carbons (Fsp3) is 0.780. The average Bonchev–Trinajstić information content (AvgIpc) is 3.41. The summed E-state index contributed by atoms with van der Waals surface area (Å²) >= 11 is 0. The van der Waals surface area contributed by atoms with Gasteiger partial charge in [-0.2, -0.15) is 0 Å². The van der Waals surface area contributed by atoms with Crippen molar-refractivity contribution in [2.24, 2.45) is 0 Å². The highest BCUT2D eigenvalue weighted by atomic mass is 16.5. The largest absolute Gasteiger partial charge is 0.462 e. The molecule has 0 amide bonds. The van der Waals surface area contributed by atoms with Gasteiger partial charge in [0.25, 0.3) is 0 Å². The third kappa shape index (κ3) is 12.5. The van der Waals surface area contributed by atoms with E-state index in [-0.39, 0.29) is 30.2 Å². The second-order valence-electron chi connectivity index (χ2n) is 15.1. The first-order chi connectivity index (χ1) is 24.4. The summed E-state index contributed by atoms with van der Waals surface area (Å²) in [7, 11) is 0. The number of ether oxygens (including phenoxy) is 3. The Kier molecular flexibility index (Phi) is 17.4. The summed E-state index contributed by atoms with van der Waals surface area (Å²) in [6.45, 7) is 8.33. The van der Waals surface area contributed by atoms with Crippen LogP contribution in [0.15, 0.2) is 36.1 Å². The van der Waals surface area contributed by atoms with Crippen LogP contribution in [0.3, 0.4) is 0 Å². The summed E-state index contributed by atoms with van der Waals surface area (Å²) in [6, 6.07) is 0.330. The molecule has 0 aliphatic carbocycles. The number of unbranched alkanes of at least 4 members (excludes halogenated alkanes) is 12. The Balaban J connectivity index is 1.14. The van der Waals surface area contributed by atoms with Crippen molar-refractivity contribution >= 4 is 17.9 Å². The molecule has 0 bridgehead atoms. The summed E-state index contributed by atoms with van der Waals surface area (Å²) < 4.78 is 20.1. The van der Waals surface area contributed by atoms with E-state index >= 15 is 0 Å². The second-order valence-corrected chi connectivity index (χ2v) is 15.1. The summed E-state index contributed by atoms with van der Waals surface area (Å²) in [5.41, 5.74) is 1.33. The zero-order valence-corrected chi connectivity index (χ0v) is 31.4. The van der Waals surface area contributed by atoms with Crippen molar-refractivity contribution < 1.29 is 33.5 Å². The van der Waals surface area contributed by atoms with Crippen molar-refractivity contribution in [2.45, 2.75) is 192 Å². The highest BCUT2D eigenvalue weighted by Gasteiger charge is 2.54. The lowest BCUT2D eigenvalue weighted by Gasteiger charge is -2.41. The van der Waals surface area contributed by atoms with Gasteiger partial charge in [0.2, 0.25) is 0 Å². The van der Waals surface area contributed by atoms with Gasteiger partial charge >= 0.3 is 17.9 Å². The molecule has 9 nitrogen and oxygen atoms in total. The van der Waals surface area contributed by atoms with Gasteiger partial charge < -0.3 is 19.3 Å². The van der Waals surface area contributed by atoms with Gasteiger partial charge in [-0.05, 0) is 58.3 Å². The van der Waals surface area contributed by atoms with Gasteiger partial charge in [-0.1, -0.05) is 102 Å². The molecule has 0 aromatic carbocycles. The van der Waals surface area contributed by atoms with Gasteiger partial charge in [-0.3, -0.25) is 9.37 Å². The van der Waals surface area contributed by atoms with Crippen molar-refractivity contribution in [3.8, 4) is 0 Å². The fourth-order valence-corrected chi connectivity index (χ4v) is 8.15. The molecule has 282 valence electrons. The highest BCUT2D eigenvalue weighted by Crippen LogP contribution is 2.40. The van der Waals surface area contributed by atoms with Gasteiger partial charge in [0, 0.05) is 25.7 Å².